The van der Waals surface area contributed by atoms with Crippen molar-refractivity contribution in [2.45, 2.75) is 19.9 Å². The van der Waals surface area contributed by atoms with Crippen molar-refractivity contribution >= 4 is 11.7 Å². The van der Waals surface area contributed by atoms with Crippen LogP contribution in [0.1, 0.15) is 30.2 Å². The molecule has 9 heteroatoms. The number of nitrogens with zero attached hydrogens (tertiary/aromatic N) is 5. The molecule has 0 saturated carbocycles. The molecule has 162 valence electrons. The quantitative estimate of drug-likeness (QED) is 0.501. The lowest BCUT2D eigenvalue weighted by molar-refractivity contribution is 0.102. The fourth-order valence-corrected chi connectivity index (χ4v) is 3.16. The van der Waals surface area contributed by atoms with E-state index in [0.717, 1.165) is 11.4 Å². The molecule has 4 rings (SSSR count). The lowest BCUT2D eigenvalue weighted by atomic mass is 10.2. The second-order valence-corrected chi connectivity index (χ2v) is 7.38. The summed E-state index contributed by atoms with van der Waals surface area (Å²) in [6, 6.07) is 11.8. The Balaban J connectivity index is 1.46. The van der Waals surface area contributed by atoms with Gasteiger partial charge in [-0.05, 0) is 50.2 Å². The third kappa shape index (κ3) is 4.41. The van der Waals surface area contributed by atoms with Crippen LogP contribution in [-0.2, 0) is 7.05 Å². The van der Waals surface area contributed by atoms with E-state index in [2.05, 4.69) is 20.4 Å². The maximum Gasteiger partial charge on any atom is 0.263 e. The van der Waals surface area contributed by atoms with Gasteiger partial charge in [-0.15, -0.1) is 0 Å². The van der Waals surface area contributed by atoms with E-state index in [0.29, 0.717) is 17.3 Å². The Morgan fingerprint density at radius 1 is 1.06 bits per heavy atom. The van der Waals surface area contributed by atoms with Crippen molar-refractivity contribution in [1.82, 2.24) is 24.3 Å². The summed E-state index contributed by atoms with van der Waals surface area (Å²) in [5.41, 5.74) is 1.31. The Morgan fingerprint density at radius 3 is 2.59 bits per heavy atom. The molecule has 0 aliphatic rings. The summed E-state index contributed by atoms with van der Waals surface area (Å²) < 4.78 is 9.10. The molecular formula is C23H22N6O3. The Hall–Kier alpha value is -4.27. The highest BCUT2D eigenvalue weighted by atomic mass is 16.5. The van der Waals surface area contributed by atoms with Crippen LogP contribution in [0.4, 0.5) is 5.82 Å². The predicted molar refractivity (Wildman–Crippen MR) is 120 cm³/mol. The zero-order valence-electron chi connectivity index (χ0n) is 17.9. The average Bonchev–Trinajstić information content (AvgIpc) is 3.21. The van der Waals surface area contributed by atoms with Gasteiger partial charge in [-0.1, -0.05) is 0 Å². The molecule has 0 aliphatic carbocycles. The topological polar surface area (TPSA) is 104 Å². The number of carbonyl (C=O) groups is 1. The second-order valence-electron chi connectivity index (χ2n) is 7.38. The van der Waals surface area contributed by atoms with Crippen LogP contribution in [0, 0.1) is 0 Å². The molecule has 0 saturated heterocycles. The van der Waals surface area contributed by atoms with E-state index in [1.807, 2.05) is 33.0 Å². The van der Waals surface area contributed by atoms with E-state index in [9.17, 15) is 9.59 Å². The number of nitrogens with one attached hydrogen (secondary N) is 1. The first-order valence-corrected chi connectivity index (χ1v) is 10.0. The zero-order valence-corrected chi connectivity index (χ0v) is 17.9. The molecular weight excluding hydrogens is 408 g/mol. The Labute approximate surface area is 184 Å². The number of anilines is 1. The highest BCUT2D eigenvalue weighted by molar-refractivity contribution is 6.03. The van der Waals surface area contributed by atoms with Gasteiger partial charge >= 0.3 is 0 Å². The van der Waals surface area contributed by atoms with Gasteiger partial charge < -0.3 is 14.6 Å². The van der Waals surface area contributed by atoms with Gasteiger partial charge in [-0.2, -0.15) is 5.10 Å². The molecule has 32 heavy (non-hydrogen) atoms. The minimum Gasteiger partial charge on any atom is -0.456 e. The highest BCUT2D eigenvalue weighted by Crippen LogP contribution is 2.25. The normalized spacial score (nSPS) is 10.9. The molecule has 0 atom stereocenters. The van der Waals surface area contributed by atoms with Crippen LogP contribution >= 0.6 is 0 Å². The number of hydrogen-bond acceptors (Lipinski definition) is 6. The van der Waals surface area contributed by atoms with Gasteiger partial charge in [0.2, 0.25) is 0 Å². The summed E-state index contributed by atoms with van der Waals surface area (Å²) in [7, 11) is 1.84. The number of amides is 1. The highest BCUT2D eigenvalue weighted by Gasteiger charge is 2.14. The van der Waals surface area contributed by atoms with Crippen LogP contribution in [0.3, 0.4) is 0 Å². The van der Waals surface area contributed by atoms with Crippen LogP contribution in [0.15, 0.2) is 72.0 Å². The molecule has 0 spiro atoms. The van der Waals surface area contributed by atoms with Crippen LogP contribution < -0.4 is 15.6 Å². The molecule has 0 aliphatic heterocycles. The van der Waals surface area contributed by atoms with Crippen molar-refractivity contribution in [2.75, 3.05) is 5.32 Å². The largest absolute Gasteiger partial charge is 0.456 e. The number of pyridine rings is 3. The number of aromatic nitrogens is 5. The van der Waals surface area contributed by atoms with E-state index < -0.39 is 5.91 Å². The molecule has 4 aromatic heterocycles. The summed E-state index contributed by atoms with van der Waals surface area (Å²) in [6.07, 6.45) is 6.52. The molecule has 0 radical (unpaired) electrons. The maximum atomic E-state index is 12.6. The van der Waals surface area contributed by atoms with Crippen molar-refractivity contribution in [3.63, 3.8) is 0 Å². The minimum atomic E-state index is -0.513. The first-order chi connectivity index (χ1) is 15.4. The van der Waals surface area contributed by atoms with E-state index in [1.54, 1.807) is 47.5 Å². The van der Waals surface area contributed by atoms with Crippen LogP contribution in [-0.4, -0.2) is 30.2 Å². The van der Waals surface area contributed by atoms with Gasteiger partial charge in [0, 0.05) is 37.7 Å². The number of aryl methyl sites for hydroxylation is 1. The molecule has 4 heterocycles. The second kappa shape index (κ2) is 8.84. The molecule has 4 aromatic rings. The first-order valence-electron chi connectivity index (χ1n) is 10.0. The summed E-state index contributed by atoms with van der Waals surface area (Å²) in [6.45, 7) is 3.76. The van der Waals surface area contributed by atoms with Gasteiger partial charge in [0.05, 0.1) is 17.6 Å². The van der Waals surface area contributed by atoms with E-state index in [1.165, 1.54) is 16.8 Å². The number of rotatable bonds is 6. The molecule has 1 N–H and O–H groups in total. The molecule has 1 amide bonds. The summed E-state index contributed by atoms with van der Waals surface area (Å²) in [4.78, 5) is 33.6. The fraction of sp³-hybridized carbons (Fsp3) is 0.174. The molecule has 0 fully saturated rings. The van der Waals surface area contributed by atoms with Crippen LogP contribution in [0.25, 0.3) is 11.4 Å². The first kappa shape index (κ1) is 21.0. The smallest absolute Gasteiger partial charge is 0.263 e. The monoisotopic (exact) mass is 430 g/mol. The summed E-state index contributed by atoms with van der Waals surface area (Å²) in [5, 5.41) is 6.80. The van der Waals surface area contributed by atoms with E-state index in [-0.39, 0.29) is 17.2 Å². The summed E-state index contributed by atoms with van der Waals surface area (Å²) >= 11 is 0. The van der Waals surface area contributed by atoms with Crippen LogP contribution in [0.5, 0.6) is 11.5 Å². The third-order valence-electron chi connectivity index (χ3n) is 4.80. The van der Waals surface area contributed by atoms with Gasteiger partial charge in [0.1, 0.15) is 22.9 Å². The van der Waals surface area contributed by atoms with Crippen LogP contribution in [0.2, 0.25) is 0 Å². The molecule has 0 unspecified atom stereocenters. The van der Waals surface area contributed by atoms with Gasteiger partial charge in [-0.25, -0.2) is 4.98 Å². The Morgan fingerprint density at radius 2 is 1.91 bits per heavy atom. The SMILES string of the molecule is CC(C)n1cccc(C(=O)Nc2ccc(Oc3ccnc(-c4ccnn4C)c3)cn2)c1=O. The fourth-order valence-electron chi connectivity index (χ4n) is 3.16. The maximum absolute atomic E-state index is 12.6. The van der Waals surface area contributed by atoms with Gasteiger partial charge in [-0.3, -0.25) is 19.3 Å². The minimum absolute atomic E-state index is 0.0450. The molecule has 0 aromatic carbocycles. The van der Waals surface area contributed by atoms with Crippen molar-refractivity contribution in [2.24, 2.45) is 7.05 Å². The lowest BCUT2D eigenvalue weighted by Gasteiger charge is -2.11. The lowest BCUT2D eigenvalue weighted by Crippen LogP contribution is -2.29. The number of carbonyl (C=O) groups excluding carboxylic acids is 1. The van der Waals surface area contributed by atoms with Crippen molar-refractivity contribution in [3.8, 4) is 22.9 Å². The standard InChI is InChI=1S/C23H22N6O3/c1-15(2)29-12-4-5-18(23(29)31)22(30)27-21-7-6-17(14-25-21)32-16-8-10-24-19(13-16)20-9-11-26-28(20)3/h4-15H,1-3H3,(H,25,27,30). The number of ether oxygens (including phenoxy) is 1. The third-order valence-corrected chi connectivity index (χ3v) is 4.80. The summed E-state index contributed by atoms with van der Waals surface area (Å²) in [5.74, 6) is 0.883. The Bertz CT molecular complexity index is 1310. The van der Waals surface area contributed by atoms with Gasteiger partial charge in [0.15, 0.2) is 0 Å². The van der Waals surface area contributed by atoms with Crippen molar-refractivity contribution in [3.05, 3.63) is 83.2 Å². The van der Waals surface area contributed by atoms with Gasteiger partial charge in [0.25, 0.3) is 11.5 Å². The van der Waals surface area contributed by atoms with Crippen molar-refractivity contribution < 1.29 is 9.53 Å². The number of hydrogen-bond donors (Lipinski definition) is 1. The van der Waals surface area contributed by atoms with Crippen molar-refractivity contribution in [1.29, 1.82) is 0 Å². The Kier molecular flexibility index (Phi) is 5.80. The van der Waals surface area contributed by atoms with E-state index >= 15 is 0 Å². The molecule has 0 bridgehead atoms. The zero-order chi connectivity index (χ0) is 22.7. The predicted octanol–water partition coefficient (Wildman–Crippen LogP) is 3.66. The van der Waals surface area contributed by atoms with E-state index in [4.69, 9.17) is 4.74 Å². The average molecular weight is 430 g/mol. The molecule has 9 nitrogen and oxygen atoms in total.